The van der Waals surface area contributed by atoms with Crippen molar-refractivity contribution >= 4 is 0 Å². The van der Waals surface area contributed by atoms with Gasteiger partial charge >= 0.3 is 0 Å². The molecule has 0 aromatic heterocycles. The van der Waals surface area contributed by atoms with Crippen molar-refractivity contribution in [1.82, 2.24) is 10.2 Å². The third-order valence-electron chi connectivity index (χ3n) is 2.89. The molecule has 0 aliphatic carbocycles. The Morgan fingerprint density at radius 2 is 2.00 bits per heavy atom. The van der Waals surface area contributed by atoms with E-state index >= 15 is 0 Å². The van der Waals surface area contributed by atoms with Crippen LogP contribution in [0.4, 0.5) is 8.78 Å². The van der Waals surface area contributed by atoms with E-state index in [-0.39, 0.29) is 13.1 Å². The predicted octanol–water partition coefficient (Wildman–Crippen LogP) is 2.21. The summed E-state index contributed by atoms with van der Waals surface area (Å²) in [6, 6.07) is 11.4. The molecule has 19 heavy (non-hydrogen) atoms. The summed E-state index contributed by atoms with van der Waals surface area (Å²) in [6.45, 7) is 2.35. The van der Waals surface area contributed by atoms with Gasteiger partial charge in [0.05, 0.1) is 12.6 Å². The molecule has 0 aliphatic heterocycles. The molecular weight excluding hydrogens is 248 g/mol. The van der Waals surface area contributed by atoms with Crippen LogP contribution in [0.2, 0.25) is 0 Å². The lowest BCUT2D eigenvalue weighted by Crippen LogP contribution is -2.50. The van der Waals surface area contributed by atoms with Crippen LogP contribution in [0.1, 0.15) is 12.5 Å². The molecule has 0 aliphatic rings. The molecule has 0 saturated heterocycles. The van der Waals surface area contributed by atoms with Crippen molar-refractivity contribution in [3.63, 3.8) is 0 Å². The SMILES string of the molecule is CCNC(C#N)(CN(C)CC(F)F)c1ccccc1. The van der Waals surface area contributed by atoms with Crippen molar-refractivity contribution < 1.29 is 8.78 Å². The van der Waals surface area contributed by atoms with Crippen LogP contribution in [-0.2, 0) is 5.54 Å². The van der Waals surface area contributed by atoms with Crippen molar-refractivity contribution in [3.05, 3.63) is 35.9 Å². The molecule has 1 N–H and O–H groups in total. The predicted molar refractivity (Wildman–Crippen MR) is 70.9 cm³/mol. The number of nitrogens with zero attached hydrogens (tertiary/aromatic N) is 2. The van der Waals surface area contributed by atoms with Crippen molar-refractivity contribution in [3.8, 4) is 6.07 Å². The van der Waals surface area contributed by atoms with Crippen LogP contribution >= 0.6 is 0 Å². The Bertz CT molecular complexity index is 416. The Hall–Kier alpha value is -1.51. The van der Waals surface area contributed by atoms with E-state index in [1.807, 2.05) is 37.3 Å². The maximum atomic E-state index is 12.4. The number of hydrogen-bond acceptors (Lipinski definition) is 3. The number of halogens is 2. The zero-order valence-electron chi connectivity index (χ0n) is 11.2. The van der Waals surface area contributed by atoms with Gasteiger partial charge in [0.25, 0.3) is 6.43 Å². The third-order valence-corrected chi connectivity index (χ3v) is 2.89. The maximum absolute atomic E-state index is 12.4. The molecule has 0 radical (unpaired) electrons. The van der Waals surface area contributed by atoms with Gasteiger partial charge in [0, 0.05) is 6.54 Å². The first-order valence-electron chi connectivity index (χ1n) is 6.22. The Kier molecular flexibility index (Phi) is 5.87. The number of nitriles is 1. The molecule has 1 unspecified atom stereocenters. The molecule has 0 bridgehead atoms. The van der Waals surface area contributed by atoms with E-state index in [1.54, 1.807) is 7.05 Å². The molecule has 1 atom stereocenters. The van der Waals surface area contributed by atoms with Crippen LogP contribution in [0.5, 0.6) is 0 Å². The van der Waals surface area contributed by atoms with Gasteiger partial charge in [-0.1, -0.05) is 37.3 Å². The average molecular weight is 267 g/mol. The maximum Gasteiger partial charge on any atom is 0.251 e. The van der Waals surface area contributed by atoms with Crippen LogP contribution in [0.3, 0.4) is 0 Å². The van der Waals surface area contributed by atoms with E-state index in [4.69, 9.17) is 0 Å². The Morgan fingerprint density at radius 1 is 1.37 bits per heavy atom. The van der Waals surface area contributed by atoms with Gasteiger partial charge in [-0.05, 0) is 19.2 Å². The zero-order chi connectivity index (χ0) is 14.3. The average Bonchev–Trinajstić information content (AvgIpc) is 2.38. The molecule has 0 fully saturated rings. The fraction of sp³-hybridized carbons (Fsp3) is 0.500. The van der Waals surface area contributed by atoms with Gasteiger partial charge in [-0.15, -0.1) is 0 Å². The monoisotopic (exact) mass is 267 g/mol. The van der Waals surface area contributed by atoms with E-state index in [1.165, 1.54) is 4.90 Å². The lowest BCUT2D eigenvalue weighted by Gasteiger charge is -2.32. The first-order chi connectivity index (χ1) is 9.04. The largest absolute Gasteiger partial charge is 0.298 e. The molecule has 1 rings (SSSR count). The van der Waals surface area contributed by atoms with Crippen LogP contribution in [0.25, 0.3) is 0 Å². The molecule has 104 valence electrons. The quantitative estimate of drug-likeness (QED) is 0.823. The molecule has 1 aromatic carbocycles. The summed E-state index contributed by atoms with van der Waals surface area (Å²) >= 11 is 0. The molecule has 5 heteroatoms. The Balaban J connectivity index is 2.97. The summed E-state index contributed by atoms with van der Waals surface area (Å²) in [6.07, 6.45) is -2.40. The highest BCUT2D eigenvalue weighted by Crippen LogP contribution is 2.21. The minimum atomic E-state index is -2.40. The van der Waals surface area contributed by atoms with Crippen molar-refractivity contribution in [2.45, 2.75) is 18.9 Å². The normalized spacial score (nSPS) is 14.4. The molecule has 1 aromatic rings. The highest BCUT2D eigenvalue weighted by Gasteiger charge is 2.33. The summed E-state index contributed by atoms with van der Waals surface area (Å²) in [7, 11) is 1.60. The number of nitrogens with one attached hydrogen (secondary N) is 1. The van der Waals surface area contributed by atoms with Crippen LogP contribution in [-0.4, -0.2) is 38.0 Å². The number of hydrogen-bond donors (Lipinski definition) is 1. The lowest BCUT2D eigenvalue weighted by atomic mass is 9.90. The second kappa shape index (κ2) is 7.17. The van der Waals surface area contributed by atoms with E-state index in [9.17, 15) is 14.0 Å². The van der Waals surface area contributed by atoms with Gasteiger partial charge in [-0.25, -0.2) is 8.78 Å². The van der Waals surface area contributed by atoms with Crippen molar-refractivity contribution in [1.29, 1.82) is 5.26 Å². The van der Waals surface area contributed by atoms with Crippen LogP contribution in [0, 0.1) is 11.3 Å². The number of rotatable bonds is 7. The van der Waals surface area contributed by atoms with Gasteiger partial charge in [0.15, 0.2) is 0 Å². The summed E-state index contributed by atoms with van der Waals surface area (Å²) < 4.78 is 24.8. The smallest absolute Gasteiger partial charge is 0.251 e. The lowest BCUT2D eigenvalue weighted by molar-refractivity contribution is 0.0905. The summed E-state index contributed by atoms with van der Waals surface area (Å²) in [5, 5.41) is 12.6. The van der Waals surface area contributed by atoms with E-state index in [2.05, 4.69) is 11.4 Å². The second-order valence-corrected chi connectivity index (χ2v) is 4.50. The third kappa shape index (κ3) is 4.27. The molecule has 3 nitrogen and oxygen atoms in total. The number of likely N-dealkylation sites (N-methyl/N-ethyl adjacent to an activating group) is 2. The number of benzene rings is 1. The first kappa shape index (κ1) is 15.5. The molecule has 0 saturated carbocycles. The topological polar surface area (TPSA) is 39.1 Å². The summed E-state index contributed by atoms with van der Waals surface area (Å²) in [4.78, 5) is 1.48. The zero-order valence-corrected chi connectivity index (χ0v) is 11.2. The minimum absolute atomic E-state index is 0.214. The number of alkyl halides is 2. The second-order valence-electron chi connectivity index (χ2n) is 4.50. The minimum Gasteiger partial charge on any atom is -0.298 e. The Morgan fingerprint density at radius 3 is 2.47 bits per heavy atom. The Labute approximate surface area is 112 Å². The van der Waals surface area contributed by atoms with E-state index < -0.39 is 12.0 Å². The van der Waals surface area contributed by atoms with E-state index in [0.717, 1.165) is 5.56 Å². The van der Waals surface area contributed by atoms with Gasteiger partial charge in [-0.2, -0.15) is 5.26 Å². The van der Waals surface area contributed by atoms with Crippen molar-refractivity contribution in [2.24, 2.45) is 0 Å². The van der Waals surface area contributed by atoms with Crippen LogP contribution < -0.4 is 5.32 Å². The van der Waals surface area contributed by atoms with Crippen molar-refractivity contribution in [2.75, 3.05) is 26.7 Å². The van der Waals surface area contributed by atoms with Crippen LogP contribution in [0.15, 0.2) is 30.3 Å². The van der Waals surface area contributed by atoms with Gasteiger partial charge in [0.2, 0.25) is 0 Å². The van der Waals surface area contributed by atoms with Gasteiger partial charge in [-0.3, -0.25) is 10.2 Å². The van der Waals surface area contributed by atoms with Gasteiger partial charge < -0.3 is 0 Å². The highest BCUT2D eigenvalue weighted by atomic mass is 19.3. The fourth-order valence-electron chi connectivity index (χ4n) is 2.12. The summed E-state index contributed by atoms with van der Waals surface area (Å²) in [5.41, 5.74) is -0.167. The molecule has 0 spiro atoms. The standard InChI is InChI=1S/C14H19F2N3/c1-3-18-14(10-17,11-19(2)9-13(15)16)12-7-5-4-6-8-12/h4-8,13,18H,3,9,11H2,1-2H3. The molecular formula is C14H19F2N3. The molecule has 0 heterocycles. The fourth-order valence-corrected chi connectivity index (χ4v) is 2.12. The highest BCUT2D eigenvalue weighted by molar-refractivity contribution is 5.32. The summed E-state index contributed by atoms with van der Waals surface area (Å²) in [5.74, 6) is 0. The van der Waals surface area contributed by atoms with E-state index in [0.29, 0.717) is 6.54 Å². The molecule has 0 amide bonds. The first-order valence-corrected chi connectivity index (χ1v) is 6.22. The van der Waals surface area contributed by atoms with Gasteiger partial charge in [0.1, 0.15) is 5.54 Å².